The van der Waals surface area contributed by atoms with Gasteiger partial charge in [-0.25, -0.2) is 4.39 Å². The Hall–Kier alpha value is -1.14. The molecule has 112 valence electrons. The standard InChI is InChI=1S/C14H19BrFNO3/c1-17(7-3-2-4-8-18)14(19)10-20-13-6-5-11(15)9-12(13)16/h5-6,9,18H,2-4,7-8,10H2,1H3. The summed E-state index contributed by atoms with van der Waals surface area (Å²) in [6.45, 7) is 0.587. The molecule has 0 spiro atoms. The minimum atomic E-state index is -0.502. The number of hydrogen-bond donors (Lipinski definition) is 1. The second-order valence-electron chi connectivity index (χ2n) is 4.46. The molecule has 1 rings (SSSR count). The molecule has 1 aromatic rings. The van der Waals surface area contributed by atoms with Crippen LogP contribution in [0.2, 0.25) is 0 Å². The van der Waals surface area contributed by atoms with Crippen molar-refractivity contribution < 1.29 is 19.0 Å². The summed E-state index contributed by atoms with van der Waals surface area (Å²) in [5.41, 5.74) is 0. The molecule has 4 nitrogen and oxygen atoms in total. The van der Waals surface area contributed by atoms with Crippen molar-refractivity contribution in [1.82, 2.24) is 4.90 Å². The van der Waals surface area contributed by atoms with Crippen molar-refractivity contribution >= 4 is 21.8 Å². The fraction of sp³-hybridized carbons (Fsp3) is 0.500. The molecule has 0 saturated heterocycles. The van der Waals surface area contributed by atoms with Gasteiger partial charge in [-0.1, -0.05) is 15.9 Å². The molecule has 1 aromatic carbocycles. The summed E-state index contributed by atoms with van der Waals surface area (Å²) in [5.74, 6) is -0.635. The topological polar surface area (TPSA) is 49.8 Å². The first-order valence-electron chi connectivity index (χ1n) is 6.47. The number of carbonyl (C=O) groups is 1. The van der Waals surface area contributed by atoms with Gasteiger partial charge in [0.2, 0.25) is 0 Å². The van der Waals surface area contributed by atoms with Gasteiger partial charge in [0.05, 0.1) is 0 Å². The van der Waals surface area contributed by atoms with Crippen LogP contribution in [-0.4, -0.2) is 42.7 Å². The third-order valence-electron chi connectivity index (χ3n) is 2.82. The Balaban J connectivity index is 2.34. The average Bonchev–Trinajstić information content (AvgIpc) is 2.42. The predicted octanol–water partition coefficient (Wildman–Crippen LogP) is 2.59. The quantitative estimate of drug-likeness (QED) is 0.735. The molecule has 0 unspecified atom stereocenters. The van der Waals surface area contributed by atoms with Gasteiger partial charge in [0.25, 0.3) is 5.91 Å². The summed E-state index contributed by atoms with van der Waals surface area (Å²) in [4.78, 5) is 13.3. The van der Waals surface area contributed by atoms with E-state index in [-0.39, 0.29) is 24.9 Å². The summed E-state index contributed by atoms with van der Waals surface area (Å²) in [5, 5.41) is 8.66. The molecule has 0 bridgehead atoms. The molecule has 0 aromatic heterocycles. The van der Waals surface area contributed by atoms with Crippen molar-refractivity contribution in [2.24, 2.45) is 0 Å². The molecule has 0 saturated carbocycles. The molecule has 1 amide bonds. The number of unbranched alkanes of at least 4 members (excludes halogenated alkanes) is 2. The first kappa shape index (κ1) is 16.9. The highest BCUT2D eigenvalue weighted by atomic mass is 79.9. The highest BCUT2D eigenvalue weighted by Gasteiger charge is 2.11. The third kappa shape index (κ3) is 5.88. The number of nitrogens with zero attached hydrogens (tertiary/aromatic N) is 1. The number of ether oxygens (including phenoxy) is 1. The zero-order chi connectivity index (χ0) is 15.0. The van der Waals surface area contributed by atoms with Gasteiger partial charge >= 0.3 is 0 Å². The number of amides is 1. The second kappa shape index (κ2) is 8.92. The molecule has 6 heteroatoms. The van der Waals surface area contributed by atoms with E-state index >= 15 is 0 Å². The van der Waals surface area contributed by atoms with Crippen LogP contribution in [0.15, 0.2) is 22.7 Å². The maximum Gasteiger partial charge on any atom is 0.260 e. The van der Waals surface area contributed by atoms with E-state index in [4.69, 9.17) is 9.84 Å². The normalized spacial score (nSPS) is 10.4. The van der Waals surface area contributed by atoms with Crippen LogP contribution in [0.5, 0.6) is 5.75 Å². The third-order valence-corrected chi connectivity index (χ3v) is 3.32. The maximum atomic E-state index is 13.5. The number of carbonyl (C=O) groups excluding carboxylic acids is 1. The molecular weight excluding hydrogens is 329 g/mol. The molecule has 0 heterocycles. The Kier molecular flexibility index (Phi) is 7.54. The Morgan fingerprint density at radius 2 is 2.15 bits per heavy atom. The predicted molar refractivity (Wildman–Crippen MR) is 78.2 cm³/mol. The number of aliphatic hydroxyl groups excluding tert-OH is 1. The lowest BCUT2D eigenvalue weighted by molar-refractivity contribution is -0.132. The molecular formula is C14H19BrFNO3. The Bertz CT molecular complexity index is 442. The van der Waals surface area contributed by atoms with E-state index in [1.54, 1.807) is 18.0 Å². The van der Waals surface area contributed by atoms with E-state index in [9.17, 15) is 9.18 Å². The number of hydrogen-bond acceptors (Lipinski definition) is 3. The lowest BCUT2D eigenvalue weighted by atomic mass is 10.2. The van der Waals surface area contributed by atoms with E-state index in [2.05, 4.69) is 15.9 Å². The van der Waals surface area contributed by atoms with E-state index in [1.165, 1.54) is 12.1 Å². The summed E-state index contributed by atoms with van der Waals surface area (Å²) in [6, 6.07) is 4.42. The minimum absolute atomic E-state index is 0.0650. The summed E-state index contributed by atoms with van der Waals surface area (Å²) in [7, 11) is 1.68. The van der Waals surface area contributed by atoms with Gasteiger partial charge in [0, 0.05) is 24.7 Å². The zero-order valence-electron chi connectivity index (χ0n) is 11.4. The summed E-state index contributed by atoms with van der Waals surface area (Å²) in [6.07, 6.45) is 2.44. The van der Waals surface area contributed by atoms with Crippen molar-refractivity contribution in [3.8, 4) is 5.75 Å². The van der Waals surface area contributed by atoms with Crippen LogP contribution in [0.25, 0.3) is 0 Å². The van der Waals surface area contributed by atoms with Crippen molar-refractivity contribution in [3.63, 3.8) is 0 Å². The average molecular weight is 348 g/mol. The highest BCUT2D eigenvalue weighted by Crippen LogP contribution is 2.21. The lowest BCUT2D eigenvalue weighted by Crippen LogP contribution is -2.32. The number of halogens is 2. The molecule has 0 aliphatic rings. The Morgan fingerprint density at radius 1 is 1.40 bits per heavy atom. The van der Waals surface area contributed by atoms with Gasteiger partial charge in [-0.3, -0.25) is 4.79 Å². The molecule has 20 heavy (non-hydrogen) atoms. The Labute approximate surface area is 126 Å². The first-order valence-corrected chi connectivity index (χ1v) is 7.26. The number of benzene rings is 1. The maximum absolute atomic E-state index is 13.5. The van der Waals surface area contributed by atoms with Gasteiger partial charge in [0.1, 0.15) is 0 Å². The fourth-order valence-corrected chi connectivity index (χ4v) is 1.94. The zero-order valence-corrected chi connectivity index (χ0v) is 13.0. The van der Waals surface area contributed by atoms with Crippen LogP contribution < -0.4 is 4.74 Å². The minimum Gasteiger partial charge on any atom is -0.481 e. The fourth-order valence-electron chi connectivity index (χ4n) is 1.60. The number of rotatable bonds is 8. The van der Waals surface area contributed by atoms with Crippen LogP contribution in [0.3, 0.4) is 0 Å². The molecule has 0 atom stereocenters. The molecule has 0 radical (unpaired) electrons. The van der Waals surface area contributed by atoms with Gasteiger partial charge in [-0.05, 0) is 37.5 Å². The van der Waals surface area contributed by atoms with Gasteiger partial charge < -0.3 is 14.7 Å². The van der Waals surface area contributed by atoms with Crippen molar-refractivity contribution in [2.45, 2.75) is 19.3 Å². The summed E-state index contributed by atoms with van der Waals surface area (Å²) >= 11 is 3.15. The van der Waals surface area contributed by atoms with E-state index in [0.717, 1.165) is 19.3 Å². The van der Waals surface area contributed by atoms with Crippen molar-refractivity contribution in [3.05, 3.63) is 28.5 Å². The first-order chi connectivity index (χ1) is 9.54. The largest absolute Gasteiger partial charge is 0.481 e. The molecule has 1 N–H and O–H groups in total. The van der Waals surface area contributed by atoms with E-state index in [1.807, 2.05) is 0 Å². The smallest absolute Gasteiger partial charge is 0.260 e. The van der Waals surface area contributed by atoms with Crippen LogP contribution in [-0.2, 0) is 4.79 Å². The van der Waals surface area contributed by atoms with E-state index in [0.29, 0.717) is 11.0 Å². The van der Waals surface area contributed by atoms with Gasteiger partial charge in [0.15, 0.2) is 18.2 Å². The van der Waals surface area contributed by atoms with Crippen LogP contribution in [0, 0.1) is 5.82 Å². The van der Waals surface area contributed by atoms with Crippen LogP contribution in [0.4, 0.5) is 4.39 Å². The molecule has 0 aliphatic carbocycles. The summed E-state index contributed by atoms with van der Waals surface area (Å²) < 4.78 is 19.3. The SMILES string of the molecule is CN(CCCCCO)C(=O)COc1ccc(Br)cc1F. The van der Waals surface area contributed by atoms with Crippen LogP contribution in [0.1, 0.15) is 19.3 Å². The van der Waals surface area contributed by atoms with E-state index < -0.39 is 5.82 Å². The monoisotopic (exact) mass is 347 g/mol. The highest BCUT2D eigenvalue weighted by molar-refractivity contribution is 9.10. The number of likely N-dealkylation sites (N-methyl/N-ethyl adjacent to an activating group) is 1. The second-order valence-corrected chi connectivity index (χ2v) is 5.38. The van der Waals surface area contributed by atoms with Crippen molar-refractivity contribution in [2.75, 3.05) is 26.8 Å². The van der Waals surface area contributed by atoms with Crippen LogP contribution >= 0.6 is 15.9 Å². The molecule has 0 fully saturated rings. The van der Waals surface area contributed by atoms with Gasteiger partial charge in [-0.15, -0.1) is 0 Å². The van der Waals surface area contributed by atoms with Gasteiger partial charge in [-0.2, -0.15) is 0 Å². The lowest BCUT2D eigenvalue weighted by Gasteiger charge is -2.17. The molecule has 0 aliphatic heterocycles. The number of aliphatic hydroxyl groups is 1. The van der Waals surface area contributed by atoms with Crippen molar-refractivity contribution in [1.29, 1.82) is 0 Å². The Morgan fingerprint density at radius 3 is 2.80 bits per heavy atom.